The molecule has 1 saturated carbocycles. The zero-order chi connectivity index (χ0) is 19.8. The van der Waals surface area contributed by atoms with E-state index in [0.717, 1.165) is 18.5 Å². The van der Waals surface area contributed by atoms with Crippen LogP contribution in [0.1, 0.15) is 36.0 Å². The number of amides is 1. The Kier molecular flexibility index (Phi) is 7.31. The van der Waals surface area contributed by atoms with E-state index in [4.69, 9.17) is 16.3 Å². The molecule has 0 spiro atoms. The molecule has 0 atom stereocenters. The number of ether oxygens (including phenoxy) is 1. The summed E-state index contributed by atoms with van der Waals surface area (Å²) in [4.78, 5) is 19.0. The van der Waals surface area contributed by atoms with Gasteiger partial charge in [0.1, 0.15) is 12.4 Å². The van der Waals surface area contributed by atoms with Crippen molar-refractivity contribution >= 4 is 23.2 Å². The van der Waals surface area contributed by atoms with Crippen LogP contribution in [0.2, 0.25) is 5.02 Å². The largest absolute Gasteiger partial charge is 0.492 e. The SMILES string of the molecule is C=CCN(C(=O)c1cc(Cl)cc(OCCNc2ccncc2)c1)C1CCCC1. The van der Waals surface area contributed by atoms with Gasteiger partial charge >= 0.3 is 0 Å². The van der Waals surface area contributed by atoms with Crippen molar-refractivity contribution in [3.8, 4) is 5.75 Å². The molecular formula is C22H26ClN3O2. The van der Waals surface area contributed by atoms with E-state index in [-0.39, 0.29) is 11.9 Å². The van der Waals surface area contributed by atoms with Gasteiger partial charge in [0.15, 0.2) is 0 Å². The number of carbonyl (C=O) groups is 1. The minimum Gasteiger partial charge on any atom is -0.492 e. The molecule has 1 heterocycles. The summed E-state index contributed by atoms with van der Waals surface area (Å²) in [5, 5.41) is 3.75. The van der Waals surface area contributed by atoms with Crippen LogP contribution in [0.15, 0.2) is 55.4 Å². The third-order valence-corrected chi connectivity index (χ3v) is 5.07. The normalized spacial score (nSPS) is 13.9. The van der Waals surface area contributed by atoms with E-state index >= 15 is 0 Å². The molecule has 0 saturated heterocycles. The van der Waals surface area contributed by atoms with Crippen molar-refractivity contribution in [2.75, 3.05) is 25.0 Å². The van der Waals surface area contributed by atoms with Crippen LogP contribution in [0, 0.1) is 0 Å². The van der Waals surface area contributed by atoms with Crippen molar-refractivity contribution in [3.05, 3.63) is 66.0 Å². The molecule has 0 bridgehead atoms. The second-order valence-corrected chi connectivity index (χ2v) is 7.31. The van der Waals surface area contributed by atoms with Gasteiger partial charge in [-0.25, -0.2) is 0 Å². The molecule has 0 radical (unpaired) electrons. The summed E-state index contributed by atoms with van der Waals surface area (Å²) >= 11 is 6.25. The fourth-order valence-corrected chi connectivity index (χ4v) is 3.75. The number of rotatable bonds is 9. The van der Waals surface area contributed by atoms with Gasteiger partial charge in [0.25, 0.3) is 5.91 Å². The zero-order valence-electron chi connectivity index (χ0n) is 15.9. The maximum atomic E-state index is 13.1. The quantitative estimate of drug-likeness (QED) is 0.486. The number of hydrogen-bond acceptors (Lipinski definition) is 4. The number of nitrogens with zero attached hydrogens (tertiary/aromatic N) is 2. The van der Waals surface area contributed by atoms with E-state index in [1.165, 1.54) is 12.8 Å². The predicted molar refractivity (Wildman–Crippen MR) is 113 cm³/mol. The molecule has 148 valence electrons. The molecule has 2 aromatic rings. The van der Waals surface area contributed by atoms with Crippen molar-refractivity contribution in [3.63, 3.8) is 0 Å². The molecule has 1 aliphatic rings. The highest BCUT2D eigenvalue weighted by Crippen LogP contribution is 2.27. The van der Waals surface area contributed by atoms with Crippen LogP contribution in [-0.4, -0.2) is 41.5 Å². The Morgan fingerprint density at radius 3 is 2.75 bits per heavy atom. The number of pyridine rings is 1. The van der Waals surface area contributed by atoms with Crippen molar-refractivity contribution in [1.29, 1.82) is 0 Å². The Balaban J connectivity index is 1.62. The van der Waals surface area contributed by atoms with Crippen LogP contribution in [0.5, 0.6) is 5.75 Å². The van der Waals surface area contributed by atoms with Gasteiger partial charge < -0.3 is 15.0 Å². The average molecular weight is 400 g/mol. The first-order valence-corrected chi connectivity index (χ1v) is 10.0. The van der Waals surface area contributed by atoms with Crippen molar-refractivity contribution in [1.82, 2.24) is 9.88 Å². The lowest BCUT2D eigenvalue weighted by molar-refractivity contribution is 0.0706. The number of nitrogens with one attached hydrogen (secondary N) is 1. The fraction of sp³-hybridized carbons (Fsp3) is 0.364. The highest BCUT2D eigenvalue weighted by Gasteiger charge is 2.27. The Labute approximate surface area is 171 Å². The van der Waals surface area contributed by atoms with E-state index in [1.807, 2.05) is 17.0 Å². The summed E-state index contributed by atoms with van der Waals surface area (Å²) in [5.41, 5.74) is 1.54. The summed E-state index contributed by atoms with van der Waals surface area (Å²) in [6.45, 7) is 5.43. The second kappa shape index (κ2) is 10.1. The van der Waals surface area contributed by atoms with Gasteiger partial charge in [0.05, 0.1) is 0 Å². The predicted octanol–water partition coefficient (Wildman–Crippen LogP) is 4.80. The number of benzene rings is 1. The van der Waals surface area contributed by atoms with E-state index in [0.29, 0.717) is 36.0 Å². The molecule has 28 heavy (non-hydrogen) atoms. The first-order chi connectivity index (χ1) is 13.7. The maximum Gasteiger partial charge on any atom is 0.254 e. The number of anilines is 1. The summed E-state index contributed by atoms with van der Waals surface area (Å²) in [5.74, 6) is 0.575. The molecule has 5 nitrogen and oxygen atoms in total. The summed E-state index contributed by atoms with van der Waals surface area (Å²) < 4.78 is 5.81. The minimum absolute atomic E-state index is 0.0194. The second-order valence-electron chi connectivity index (χ2n) is 6.87. The number of hydrogen-bond donors (Lipinski definition) is 1. The molecule has 6 heteroatoms. The summed E-state index contributed by atoms with van der Waals surface area (Å²) in [7, 11) is 0. The van der Waals surface area contributed by atoms with Crippen LogP contribution in [0.25, 0.3) is 0 Å². The number of carbonyl (C=O) groups excluding carboxylic acids is 1. The fourth-order valence-electron chi connectivity index (χ4n) is 3.52. The molecule has 1 aromatic heterocycles. The Hall–Kier alpha value is -2.53. The van der Waals surface area contributed by atoms with E-state index in [9.17, 15) is 4.79 Å². The standard InChI is InChI=1S/C22H26ClN3O2/c1-2-12-26(20-5-3-4-6-20)22(27)17-14-18(23)16-21(15-17)28-13-11-25-19-7-9-24-10-8-19/h2,7-10,14-16,20H,1,3-6,11-13H2,(H,24,25). The van der Waals surface area contributed by atoms with Gasteiger partial charge in [0.2, 0.25) is 0 Å². The summed E-state index contributed by atoms with van der Waals surface area (Å²) in [6, 6.07) is 9.28. The maximum absolute atomic E-state index is 13.1. The summed E-state index contributed by atoms with van der Waals surface area (Å²) in [6.07, 6.45) is 9.67. The van der Waals surface area contributed by atoms with Crippen LogP contribution < -0.4 is 10.1 Å². The van der Waals surface area contributed by atoms with Crippen LogP contribution in [0.4, 0.5) is 5.69 Å². The Morgan fingerprint density at radius 1 is 1.29 bits per heavy atom. The molecular weight excluding hydrogens is 374 g/mol. The van der Waals surface area contributed by atoms with Crippen molar-refractivity contribution in [2.45, 2.75) is 31.7 Å². The molecule has 1 amide bonds. The van der Waals surface area contributed by atoms with Gasteiger partial charge in [0, 0.05) is 47.8 Å². The highest BCUT2D eigenvalue weighted by molar-refractivity contribution is 6.31. The van der Waals surface area contributed by atoms with Crippen molar-refractivity contribution < 1.29 is 9.53 Å². The Bertz CT molecular complexity index is 792. The number of halogens is 1. The lowest BCUT2D eigenvalue weighted by Gasteiger charge is -2.28. The molecule has 1 aromatic carbocycles. The molecule has 1 N–H and O–H groups in total. The highest BCUT2D eigenvalue weighted by atomic mass is 35.5. The first kappa shape index (κ1) is 20.2. The van der Waals surface area contributed by atoms with Crippen LogP contribution in [0.3, 0.4) is 0 Å². The molecule has 0 unspecified atom stereocenters. The van der Waals surface area contributed by atoms with E-state index in [2.05, 4.69) is 16.9 Å². The average Bonchev–Trinajstić information content (AvgIpc) is 3.24. The lowest BCUT2D eigenvalue weighted by Crippen LogP contribution is -2.38. The molecule has 1 aliphatic carbocycles. The minimum atomic E-state index is -0.0194. The molecule has 3 rings (SSSR count). The number of aromatic nitrogens is 1. The van der Waals surface area contributed by atoms with Crippen LogP contribution >= 0.6 is 11.6 Å². The van der Waals surface area contributed by atoms with Gasteiger partial charge in [-0.1, -0.05) is 30.5 Å². The molecule has 1 fully saturated rings. The Morgan fingerprint density at radius 2 is 2.04 bits per heavy atom. The third-order valence-electron chi connectivity index (χ3n) is 4.85. The lowest BCUT2D eigenvalue weighted by atomic mass is 10.1. The van der Waals surface area contributed by atoms with E-state index < -0.39 is 0 Å². The van der Waals surface area contributed by atoms with Gasteiger partial charge in [-0.2, -0.15) is 0 Å². The van der Waals surface area contributed by atoms with Gasteiger partial charge in [-0.3, -0.25) is 9.78 Å². The van der Waals surface area contributed by atoms with E-state index in [1.54, 1.807) is 36.7 Å². The topological polar surface area (TPSA) is 54.5 Å². The van der Waals surface area contributed by atoms with Crippen LogP contribution in [-0.2, 0) is 0 Å². The van der Waals surface area contributed by atoms with Crippen molar-refractivity contribution in [2.24, 2.45) is 0 Å². The van der Waals surface area contributed by atoms with Gasteiger partial charge in [-0.05, 0) is 43.2 Å². The van der Waals surface area contributed by atoms with Gasteiger partial charge in [-0.15, -0.1) is 6.58 Å². The monoisotopic (exact) mass is 399 g/mol. The smallest absolute Gasteiger partial charge is 0.254 e. The first-order valence-electron chi connectivity index (χ1n) is 9.66. The molecule has 0 aliphatic heterocycles. The third kappa shape index (κ3) is 5.49. The zero-order valence-corrected chi connectivity index (χ0v) is 16.7.